The van der Waals surface area contributed by atoms with Gasteiger partial charge in [0.1, 0.15) is 5.75 Å². The van der Waals surface area contributed by atoms with E-state index in [1.807, 2.05) is 5.92 Å². The quantitative estimate of drug-likeness (QED) is 0.486. The van der Waals surface area contributed by atoms with Crippen molar-refractivity contribution in [1.29, 1.82) is 0 Å². The van der Waals surface area contributed by atoms with E-state index in [1.54, 1.807) is 0 Å². The van der Waals surface area contributed by atoms with E-state index < -0.39 is 53.6 Å². The lowest BCUT2D eigenvalue weighted by atomic mass is 9.96. The van der Waals surface area contributed by atoms with Crippen molar-refractivity contribution in [2.75, 3.05) is 13.2 Å². The second-order valence-electron chi connectivity index (χ2n) is 6.10. The van der Waals surface area contributed by atoms with Crippen LogP contribution in [0.15, 0.2) is 42.5 Å². The van der Waals surface area contributed by atoms with E-state index in [0.717, 1.165) is 24.3 Å². The molecule has 0 saturated carbocycles. The van der Waals surface area contributed by atoms with Gasteiger partial charge < -0.3 is 20.3 Å². The molecule has 2 aromatic rings. The number of halogens is 6. The number of hydrogen-bond acceptors (Lipinski definition) is 4. The van der Waals surface area contributed by atoms with E-state index >= 15 is 0 Å². The summed E-state index contributed by atoms with van der Waals surface area (Å²) in [5, 5.41) is 19.9. The molecule has 0 heterocycles. The SMILES string of the molecule is O=C(C#Cc1ccc(-c2ccccc2OC(F)(F)F)c(C(F)(F)F)c1)NC[C@H](O)CO. The zero-order valence-corrected chi connectivity index (χ0v) is 15.5. The van der Waals surface area contributed by atoms with Crippen LogP contribution in [0.3, 0.4) is 0 Å². The molecule has 5 nitrogen and oxygen atoms in total. The Morgan fingerprint density at radius 2 is 1.74 bits per heavy atom. The van der Waals surface area contributed by atoms with Crippen molar-refractivity contribution in [3.05, 3.63) is 53.6 Å². The van der Waals surface area contributed by atoms with Gasteiger partial charge in [-0.2, -0.15) is 13.2 Å². The van der Waals surface area contributed by atoms with Crippen molar-refractivity contribution in [3.8, 4) is 28.7 Å². The monoisotopic (exact) mass is 447 g/mol. The number of ether oxygens (including phenoxy) is 1. The minimum Gasteiger partial charge on any atom is -0.405 e. The number of aliphatic hydroxyl groups is 2. The molecular weight excluding hydrogens is 432 g/mol. The number of aliphatic hydroxyl groups excluding tert-OH is 2. The summed E-state index contributed by atoms with van der Waals surface area (Å²) in [7, 11) is 0. The predicted molar refractivity (Wildman–Crippen MR) is 96.5 cm³/mol. The summed E-state index contributed by atoms with van der Waals surface area (Å²) < 4.78 is 82.5. The standard InChI is InChI=1S/C20H15F6NO4/c21-19(22,23)16-9-12(6-8-18(30)27-10-13(29)11-28)5-7-14(16)15-3-1-2-4-17(15)31-20(24,25)26/h1-5,7,9,13,28-29H,10-11H2,(H,27,30)/t13-/m0/s1. The van der Waals surface area contributed by atoms with Crippen LogP contribution in [-0.2, 0) is 11.0 Å². The van der Waals surface area contributed by atoms with Gasteiger partial charge in [0, 0.05) is 23.6 Å². The minimum absolute atomic E-state index is 0.219. The van der Waals surface area contributed by atoms with Crippen LogP contribution in [0, 0.1) is 11.8 Å². The van der Waals surface area contributed by atoms with Gasteiger partial charge in [0.15, 0.2) is 0 Å². The van der Waals surface area contributed by atoms with E-state index in [4.69, 9.17) is 10.2 Å². The van der Waals surface area contributed by atoms with Gasteiger partial charge in [-0.3, -0.25) is 4.79 Å². The van der Waals surface area contributed by atoms with E-state index in [0.29, 0.717) is 6.07 Å². The van der Waals surface area contributed by atoms with Gasteiger partial charge in [-0.25, -0.2) is 0 Å². The maximum Gasteiger partial charge on any atom is 0.573 e. The van der Waals surface area contributed by atoms with Gasteiger partial charge >= 0.3 is 12.5 Å². The summed E-state index contributed by atoms with van der Waals surface area (Å²) in [6.07, 6.45) is -11.3. The Kier molecular flexibility index (Phi) is 7.54. The summed E-state index contributed by atoms with van der Waals surface area (Å²) in [6.45, 7) is -0.920. The molecule has 0 radical (unpaired) electrons. The van der Waals surface area contributed by atoms with Crippen molar-refractivity contribution < 1.29 is 46.1 Å². The molecule has 0 spiro atoms. The highest BCUT2D eigenvalue weighted by molar-refractivity contribution is 5.94. The molecule has 3 N–H and O–H groups in total. The second kappa shape index (κ2) is 9.72. The van der Waals surface area contributed by atoms with E-state index in [9.17, 15) is 31.1 Å². The number of rotatable bonds is 5. The van der Waals surface area contributed by atoms with Crippen molar-refractivity contribution in [2.45, 2.75) is 18.6 Å². The molecular formula is C20H15F6NO4. The number of carbonyl (C=O) groups excluding carboxylic acids is 1. The first-order chi connectivity index (χ1) is 14.4. The summed E-state index contributed by atoms with van der Waals surface area (Å²) in [6, 6.07) is 7.03. The Morgan fingerprint density at radius 3 is 2.35 bits per heavy atom. The zero-order valence-electron chi connectivity index (χ0n) is 15.5. The fourth-order valence-corrected chi connectivity index (χ4v) is 2.44. The van der Waals surface area contributed by atoms with Crippen LogP contribution in [-0.4, -0.2) is 41.7 Å². The number of para-hydroxylation sites is 1. The van der Waals surface area contributed by atoms with E-state index in [1.165, 1.54) is 12.1 Å². The normalized spacial score (nSPS) is 12.5. The summed E-state index contributed by atoms with van der Waals surface area (Å²) >= 11 is 0. The predicted octanol–water partition coefficient (Wildman–Crippen LogP) is 3.09. The Bertz CT molecular complexity index is 992. The molecule has 0 aliphatic rings. The first-order valence-electron chi connectivity index (χ1n) is 8.56. The Balaban J connectivity index is 2.42. The van der Waals surface area contributed by atoms with Gasteiger partial charge in [0.25, 0.3) is 5.91 Å². The van der Waals surface area contributed by atoms with Gasteiger partial charge in [-0.1, -0.05) is 30.2 Å². The number of benzene rings is 2. The lowest BCUT2D eigenvalue weighted by Gasteiger charge is -2.17. The highest BCUT2D eigenvalue weighted by Crippen LogP contribution is 2.41. The molecule has 0 unspecified atom stereocenters. The van der Waals surface area contributed by atoms with E-state index in [2.05, 4.69) is 16.0 Å². The molecule has 0 bridgehead atoms. The number of carbonyl (C=O) groups is 1. The molecule has 0 fully saturated rings. The van der Waals surface area contributed by atoms with Gasteiger partial charge in [-0.05, 0) is 23.8 Å². The van der Waals surface area contributed by atoms with Crippen LogP contribution in [0.1, 0.15) is 11.1 Å². The topological polar surface area (TPSA) is 78.8 Å². The van der Waals surface area contributed by atoms with Gasteiger partial charge in [0.2, 0.25) is 0 Å². The van der Waals surface area contributed by atoms with Crippen LogP contribution >= 0.6 is 0 Å². The lowest BCUT2D eigenvalue weighted by molar-refractivity contribution is -0.274. The van der Waals surface area contributed by atoms with E-state index in [-0.39, 0.29) is 12.1 Å². The van der Waals surface area contributed by atoms with Crippen LogP contribution in [0.2, 0.25) is 0 Å². The van der Waals surface area contributed by atoms with Crippen molar-refractivity contribution in [3.63, 3.8) is 0 Å². The van der Waals surface area contributed by atoms with Gasteiger partial charge in [0.05, 0.1) is 18.3 Å². The van der Waals surface area contributed by atoms with Crippen LogP contribution in [0.5, 0.6) is 5.75 Å². The molecule has 0 aromatic heterocycles. The molecule has 1 atom stereocenters. The smallest absolute Gasteiger partial charge is 0.405 e. The van der Waals surface area contributed by atoms with Crippen molar-refractivity contribution in [2.24, 2.45) is 0 Å². The Morgan fingerprint density at radius 1 is 1.06 bits per heavy atom. The largest absolute Gasteiger partial charge is 0.573 e. The zero-order chi connectivity index (χ0) is 23.2. The van der Waals surface area contributed by atoms with Crippen LogP contribution in [0.25, 0.3) is 11.1 Å². The molecule has 11 heteroatoms. The average Bonchev–Trinajstić information content (AvgIpc) is 2.69. The molecule has 2 aromatic carbocycles. The minimum atomic E-state index is -5.10. The first-order valence-corrected chi connectivity index (χ1v) is 8.56. The number of nitrogens with one attached hydrogen (secondary N) is 1. The molecule has 31 heavy (non-hydrogen) atoms. The lowest BCUT2D eigenvalue weighted by Crippen LogP contribution is -2.33. The third-order valence-electron chi connectivity index (χ3n) is 3.76. The highest BCUT2D eigenvalue weighted by Gasteiger charge is 2.36. The maximum atomic E-state index is 13.6. The maximum absolute atomic E-state index is 13.6. The Hall–Kier alpha value is -3.23. The average molecular weight is 447 g/mol. The third-order valence-corrected chi connectivity index (χ3v) is 3.76. The highest BCUT2D eigenvalue weighted by atomic mass is 19.4. The van der Waals surface area contributed by atoms with Crippen molar-refractivity contribution in [1.82, 2.24) is 5.32 Å². The summed E-state index contributed by atoms with van der Waals surface area (Å²) in [4.78, 5) is 11.6. The molecule has 166 valence electrons. The van der Waals surface area contributed by atoms with Crippen molar-refractivity contribution >= 4 is 5.91 Å². The molecule has 1 amide bonds. The fraction of sp³-hybridized carbons (Fsp3) is 0.250. The van der Waals surface area contributed by atoms with Gasteiger partial charge in [-0.15, -0.1) is 13.2 Å². The molecule has 0 aliphatic carbocycles. The Labute approximate surface area is 172 Å². The molecule has 2 rings (SSSR count). The summed E-state index contributed by atoms with van der Waals surface area (Å²) in [5.41, 5.74) is -2.48. The van der Waals surface area contributed by atoms with Crippen LogP contribution in [0.4, 0.5) is 26.3 Å². The third kappa shape index (κ3) is 7.20. The number of alkyl halides is 6. The number of amides is 1. The second-order valence-corrected chi connectivity index (χ2v) is 6.10. The number of hydrogen-bond donors (Lipinski definition) is 3. The summed E-state index contributed by atoms with van der Waals surface area (Å²) in [5.74, 6) is 2.53. The van der Waals surface area contributed by atoms with Crippen LogP contribution < -0.4 is 10.1 Å². The molecule has 0 saturated heterocycles. The fourth-order valence-electron chi connectivity index (χ4n) is 2.44. The molecule has 0 aliphatic heterocycles. The first kappa shape index (κ1) is 24.0.